The van der Waals surface area contributed by atoms with Gasteiger partial charge >= 0.3 is 0 Å². The molecule has 0 aliphatic heterocycles. The highest BCUT2D eigenvalue weighted by molar-refractivity contribution is 5.83. The van der Waals surface area contributed by atoms with Gasteiger partial charge in [0.25, 0.3) is 0 Å². The molecule has 0 aliphatic rings. The number of hydrogen-bond acceptors (Lipinski definition) is 3. The van der Waals surface area contributed by atoms with Gasteiger partial charge in [0.05, 0.1) is 11.9 Å². The van der Waals surface area contributed by atoms with Crippen LogP contribution >= 0.6 is 0 Å². The molecule has 0 atom stereocenters. The number of aromatic amines is 1. The molecule has 4 heteroatoms. The molecular formula is C24H21N3O. The van der Waals surface area contributed by atoms with Crippen LogP contribution in [0.25, 0.3) is 22.4 Å². The van der Waals surface area contributed by atoms with Crippen LogP contribution < -0.4 is 0 Å². The Labute approximate surface area is 164 Å². The van der Waals surface area contributed by atoms with E-state index in [0.717, 1.165) is 34.4 Å². The van der Waals surface area contributed by atoms with Crippen LogP contribution in [0.4, 0.5) is 0 Å². The Hall–Kier alpha value is -3.53. The van der Waals surface area contributed by atoms with Crippen molar-refractivity contribution in [3.05, 3.63) is 96.4 Å². The molecule has 4 rings (SSSR count). The van der Waals surface area contributed by atoms with Gasteiger partial charge in [0.1, 0.15) is 5.78 Å². The number of carbonyl (C=O) groups excluding carboxylic acids is 1. The summed E-state index contributed by atoms with van der Waals surface area (Å²) in [6, 6.07) is 22.2. The maximum atomic E-state index is 12.4. The van der Waals surface area contributed by atoms with Gasteiger partial charge in [0.2, 0.25) is 0 Å². The van der Waals surface area contributed by atoms with E-state index in [2.05, 4.69) is 33.4 Å². The Morgan fingerprint density at radius 2 is 1.64 bits per heavy atom. The van der Waals surface area contributed by atoms with E-state index in [1.807, 2.05) is 54.7 Å². The molecule has 0 saturated heterocycles. The lowest BCUT2D eigenvalue weighted by Gasteiger charge is -2.07. The zero-order chi connectivity index (χ0) is 19.2. The van der Waals surface area contributed by atoms with Crippen LogP contribution in [0.1, 0.15) is 17.5 Å². The number of aryl methyl sites for hydroxylation is 1. The lowest BCUT2D eigenvalue weighted by atomic mass is 9.98. The molecule has 0 spiro atoms. The van der Waals surface area contributed by atoms with Crippen LogP contribution in [-0.4, -0.2) is 21.0 Å². The van der Waals surface area contributed by atoms with E-state index in [4.69, 9.17) is 0 Å². The smallest absolute Gasteiger partial charge is 0.137 e. The number of Topliss-reactive ketones (excluding diaryl/α,β-unsaturated/α-hetero) is 1. The Kier molecular flexibility index (Phi) is 5.38. The number of nitrogens with one attached hydrogen (secondary N) is 1. The molecule has 2 heterocycles. The molecule has 2 aromatic carbocycles. The first-order valence-corrected chi connectivity index (χ1v) is 9.38. The molecule has 0 fully saturated rings. The summed E-state index contributed by atoms with van der Waals surface area (Å²) in [4.78, 5) is 16.5. The average molecular weight is 367 g/mol. The second-order valence-corrected chi connectivity index (χ2v) is 6.80. The van der Waals surface area contributed by atoms with Crippen LogP contribution in [0.15, 0.2) is 85.3 Å². The second-order valence-electron chi connectivity index (χ2n) is 6.80. The third kappa shape index (κ3) is 4.23. The van der Waals surface area contributed by atoms with E-state index in [1.165, 1.54) is 5.56 Å². The number of ketones is 1. The fourth-order valence-corrected chi connectivity index (χ4v) is 3.34. The Bertz CT molecular complexity index is 1060. The van der Waals surface area contributed by atoms with Crippen LogP contribution in [0, 0.1) is 0 Å². The monoisotopic (exact) mass is 367 g/mol. The van der Waals surface area contributed by atoms with Gasteiger partial charge in [0, 0.05) is 36.4 Å². The molecule has 0 unspecified atom stereocenters. The van der Waals surface area contributed by atoms with Crippen LogP contribution in [0.2, 0.25) is 0 Å². The number of pyridine rings is 1. The van der Waals surface area contributed by atoms with Gasteiger partial charge in [-0.15, -0.1) is 0 Å². The van der Waals surface area contributed by atoms with Gasteiger partial charge < -0.3 is 0 Å². The second kappa shape index (κ2) is 8.44. The lowest BCUT2D eigenvalue weighted by Crippen LogP contribution is -2.04. The van der Waals surface area contributed by atoms with Gasteiger partial charge in [-0.3, -0.25) is 14.9 Å². The summed E-state index contributed by atoms with van der Waals surface area (Å²) in [7, 11) is 0. The summed E-state index contributed by atoms with van der Waals surface area (Å²) < 4.78 is 0. The summed E-state index contributed by atoms with van der Waals surface area (Å²) >= 11 is 0. The Morgan fingerprint density at radius 1 is 0.857 bits per heavy atom. The topological polar surface area (TPSA) is 58.6 Å². The summed E-state index contributed by atoms with van der Waals surface area (Å²) in [5.41, 5.74) is 6.27. The first-order valence-electron chi connectivity index (χ1n) is 9.38. The molecule has 4 aromatic rings. The largest absolute Gasteiger partial charge is 0.299 e. The number of aromatic nitrogens is 3. The third-order valence-corrected chi connectivity index (χ3v) is 4.78. The van der Waals surface area contributed by atoms with Crippen LogP contribution in [0.3, 0.4) is 0 Å². The van der Waals surface area contributed by atoms with E-state index in [0.29, 0.717) is 12.8 Å². The van der Waals surface area contributed by atoms with Crippen molar-refractivity contribution in [3.8, 4) is 22.4 Å². The minimum Gasteiger partial charge on any atom is -0.299 e. The van der Waals surface area contributed by atoms with Gasteiger partial charge in [-0.1, -0.05) is 48.5 Å². The standard InChI is InChI=1S/C24H21N3O/c28-22(10-9-18-5-2-1-3-6-18)16-19-7-4-8-21(15-19)24-23(17-26-27-24)20-11-13-25-14-12-20/h1-8,11-15,17H,9-10,16H2,(H,26,27). The molecule has 4 nitrogen and oxygen atoms in total. The molecule has 0 radical (unpaired) electrons. The SMILES string of the molecule is O=C(CCc1ccccc1)Cc1cccc(-c2[nH]ncc2-c2ccncc2)c1. The van der Waals surface area contributed by atoms with E-state index in [-0.39, 0.29) is 5.78 Å². The van der Waals surface area contributed by atoms with Crippen molar-refractivity contribution < 1.29 is 4.79 Å². The summed E-state index contributed by atoms with van der Waals surface area (Å²) in [6.45, 7) is 0. The first-order chi connectivity index (χ1) is 13.8. The highest BCUT2D eigenvalue weighted by atomic mass is 16.1. The number of nitrogens with zero attached hydrogens (tertiary/aromatic N) is 2. The molecule has 0 amide bonds. The number of H-pyrrole nitrogens is 1. The molecule has 0 aliphatic carbocycles. The zero-order valence-electron chi connectivity index (χ0n) is 15.5. The van der Waals surface area contributed by atoms with Crippen molar-refractivity contribution in [2.75, 3.05) is 0 Å². The molecule has 2 aromatic heterocycles. The van der Waals surface area contributed by atoms with Crippen LogP contribution in [-0.2, 0) is 17.6 Å². The predicted octanol–water partition coefficient (Wildman–Crippen LogP) is 4.88. The van der Waals surface area contributed by atoms with E-state index in [9.17, 15) is 4.79 Å². The third-order valence-electron chi connectivity index (χ3n) is 4.78. The van der Waals surface area contributed by atoms with Gasteiger partial charge in [-0.05, 0) is 41.3 Å². The minimum atomic E-state index is 0.250. The van der Waals surface area contributed by atoms with Crippen molar-refractivity contribution >= 4 is 5.78 Å². The average Bonchev–Trinajstić information content (AvgIpc) is 3.24. The highest BCUT2D eigenvalue weighted by Crippen LogP contribution is 2.30. The number of rotatable bonds is 7. The molecule has 1 N–H and O–H groups in total. The molecule has 28 heavy (non-hydrogen) atoms. The van der Waals surface area contributed by atoms with E-state index >= 15 is 0 Å². The number of hydrogen-bond donors (Lipinski definition) is 1. The molecule has 138 valence electrons. The maximum absolute atomic E-state index is 12.4. The summed E-state index contributed by atoms with van der Waals surface area (Å²) in [5.74, 6) is 0.250. The quantitative estimate of drug-likeness (QED) is 0.506. The zero-order valence-corrected chi connectivity index (χ0v) is 15.5. The normalized spacial score (nSPS) is 10.7. The van der Waals surface area contributed by atoms with Gasteiger partial charge in [0.15, 0.2) is 0 Å². The van der Waals surface area contributed by atoms with E-state index in [1.54, 1.807) is 12.4 Å². The summed E-state index contributed by atoms with van der Waals surface area (Å²) in [5, 5.41) is 7.31. The van der Waals surface area contributed by atoms with E-state index < -0.39 is 0 Å². The van der Waals surface area contributed by atoms with Gasteiger partial charge in [-0.25, -0.2) is 0 Å². The predicted molar refractivity (Wildman–Crippen MR) is 111 cm³/mol. The molecule has 0 bridgehead atoms. The Balaban J connectivity index is 1.48. The molecule has 0 saturated carbocycles. The number of benzene rings is 2. The molecular weight excluding hydrogens is 346 g/mol. The van der Waals surface area contributed by atoms with Crippen molar-refractivity contribution in [1.82, 2.24) is 15.2 Å². The van der Waals surface area contributed by atoms with Gasteiger partial charge in [-0.2, -0.15) is 5.10 Å². The van der Waals surface area contributed by atoms with Crippen molar-refractivity contribution in [3.63, 3.8) is 0 Å². The fourth-order valence-electron chi connectivity index (χ4n) is 3.34. The first kappa shape index (κ1) is 17.9. The van der Waals surface area contributed by atoms with Crippen molar-refractivity contribution in [2.45, 2.75) is 19.3 Å². The van der Waals surface area contributed by atoms with Crippen molar-refractivity contribution in [1.29, 1.82) is 0 Å². The summed E-state index contributed by atoms with van der Waals surface area (Å²) in [6.07, 6.45) is 7.15. The number of carbonyl (C=O) groups is 1. The minimum absolute atomic E-state index is 0.250. The Morgan fingerprint density at radius 3 is 2.46 bits per heavy atom. The maximum Gasteiger partial charge on any atom is 0.137 e. The highest BCUT2D eigenvalue weighted by Gasteiger charge is 2.11. The fraction of sp³-hybridized carbons (Fsp3) is 0.125. The lowest BCUT2D eigenvalue weighted by molar-refractivity contribution is -0.118. The van der Waals surface area contributed by atoms with Crippen molar-refractivity contribution in [2.24, 2.45) is 0 Å². The van der Waals surface area contributed by atoms with Crippen LogP contribution in [0.5, 0.6) is 0 Å².